The van der Waals surface area contributed by atoms with E-state index in [-0.39, 0.29) is 36.8 Å². The maximum Gasteiger partial charge on any atom is 0.252 e. The van der Waals surface area contributed by atoms with Crippen LogP contribution in [0.25, 0.3) is 0 Å². The summed E-state index contributed by atoms with van der Waals surface area (Å²) in [6, 6.07) is 8.52. The number of methoxy groups -OCH3 is 1. The van der Waals surface area contributed by atoms with E-state index >= 15 is 0 Å². The van der Waals surface area contributed by atoms with Gasteiger partial charge in [0.15, 0.2) is 0 Å². The number of nitrogens with zero attached hydrogens (tertiary/aromatic N) is 1. The highest BCUT2D eigenvalue weighted by Gasteiger charge is 2.40. The molecule has 1 atom stereocenters. The number of carbonyl (C=O) groups excluding carboxylic acids is 1. The van der Waals surface area contributed by atoms with Gasteiger partial charge in [-0.3, -0.25) is 4.79 Å². The van der Waals surface area contributed by atoms with Crippen molar-refractivity contribution in [1.29, 1.82) is 0 Å². The minimum Gasteiger partial charge on any atom is -0.372 e. The average molecular weight is 404 g/mol. The molecule has 1 unspecified atom stereocenters. The number of carbonyl (C=O) groups is 1. The second-order valence-corrected chi connectivity index (χ2v) is 6.93. The zero-order valence-electron chi connectivity index (χ0n) is 15.6. The van der Waals surface area contributed by atoms with Gasteiger partial charge in [0.2, 0.25) is 0 Å². The molecule has 0 radical (unpaired) electrons. The van der Waals surface area contributed by atoms with Crippen LogP contribution in [0.3, 0.4) is 0 Å². The summed E-state index contributed by atoms with van der Waals surface area (Å²) in [6.07, 6.45) is 3.97. The number of piperidine rings is 1. The largest absolute Gasteiger partial charge is 0.372 e. The zero-order valence-corrected chi connectivity index (χ0v) is 17.3. The van der Waals surface area contributed by atoms with E-state index in [4.69, 9.17) is 4.74 Å². The molecule has 26 heavy (non-hydrogen) atoms. The number of ether oxygens (including phenoxy) is 1. The molecule has 7 heteroatoms. The van der Waals surface area contributed by atoms with Crippen LogP contribution in [0.4, 0.5) is 5.69 Å². The van der Waals surface area contributed by atoms with Crippen LogP contribution in [0.2, 0.25) is 0 Å². The summed E-state index contributed by atoms with van der Waals surface area (Å²) in [5.41, 5.74) is 1.72. The Morgan fingerprint density at radius 2 is 1.88 bits per heavy atom. The summed E-state index contributed by atoms with van der Waals surface area (Å²) in [7, 11) is 1.64. The van der Waals surface area contributed by atoms with Crippen LogP contribution in [0.1, 0.15) is 44.2 Å². The van der Waals surface area contributed by atoms with Crippen molar-refractivity contribution in [3.05, 3.63) is 29.8 Å². The van der Waals surface area contributed by atoms with Gasteiger partial charge < -0.3 is 20.3 Å². The Morgan fingerprint density at radius 1 is 1.23 bits per heavy atom. The fourth-order valence-corrected chi connectivity index (χ4v) is 3.73. The quantitative estimate of drug-likeness (QED) is 0.792. The minimum atomic E-state index is -0.688. The third-order valence-electron chi connectivity index (χ3n) is 5.40. The molecule has 2 aliphatic rings. The van der Waals surface area contributed by atoms with Gasteiger partial charge in [-0.15, -0.1) is 24.8 Å². The van der Waals surface area contributed by atoms with Crippen molar-refractivity contribution in [2.75, 3.05) is 38.2 Å². The second-order valence-electron chi connectivity index (χ2n) is 6.93. The molecule has 0 aliphatic carbocycles. The molecular formula is C19H31Cl2N3O2. The first-order valence-corrected chi connectivity index (χ1v) is 9.06. The van der Waals surface area contributed by atoms with Crippen molar-refractivity contribution in [2.45, 2.75) is 44.2 Å². The predicted molar refractivity (Wildman–Crippen MR) is 111 cm³/mol. The molecule has 1 amide bonds. The molecule has 0 bridgehead atoms. The number of benzene rings is 1. The van der Waals surface area contributed by atoms with Crippen molar-refractivity contribution in [3.8, 4) is 0 Å². The molecule has 2 heterocycles. The summed E-state index contributed by atoms with van der Waals surface area (Å²) >= 11 is 0. The minimum absolute atomic E-state index is 0. The molecule has 2 N–H and O–H groups in total. The van der Waals surface area contributed by atoms with Gasteiger partial charge in [0, 0.05) is 25.9 Å². The normalized spacial score (nSPS) is 19.8. The SMILES string of the molecule is COC1(C(=O)NC(C)c2cccc(N3CCCC3)c2)CCNCC1.Cl.Cl. The van der Waals surface area contributed by atoms with E-state index in [1.807, 2.05) is 6.92 Å². The number of hydrogen-bond donors (Lipinski definition) is 2. The molecule has 0 saturated carbocycles. The Hall–Kier alpha value is -1.01. The lowest BCUT2D eigenvalue weighted by atomic mass is 9.90. The van der Waals surface area contributed by atoms with Crippen LogP contribution >= 0.6 is 24.8 Å². The van der Waals surface area contributed by atoms with Gasteiger partial charge in [0.25, 0.3) is 5.91 Å². The fraction of sp³-hybridized carbons (Fsp3) is 0.632. The van der Waals surface area contributed by atoms with E-state index in [1.54, 1.807) is 7.11 Å². The Morgan fingerprint density at radius 3 is 2.50 bits per heavy atom. The summed E-state index contributed by atoms with van der Waals surface area (Å²) in [4.78, 5) is 15.2. The molecular weight excluding hydrogens is 373 g/mol. The van der Waals surface area contributed by atoms with Crippen LogP contribution in [0, 0.1) is 0 Å². The number of hydrogen-bond acceptors (Lipinski definition) is 4. The Kier molecular flexibility index (Phi) is 9.17. The fourth-order valence-electron chi connectivity index (χ4n) is 3.73. The monoisotopic (exact) mass is 403 g/mol. The summed E-state index contributed by atoms with van der Waals surface area (Å²) in [5, 5.41) is 6.45. The molecule has 3 rings (SSSR count). The van der Waals surface area contributed by atoms with E-state index < -0.39 is 5.60 Å². The topological polar surface area (TPSA) is 53.6 Å². The van der Waals surface area contributed by atoms with Gasteiger partial charge in [0.05, 0.1) is 6.04 Å². The molecule has 0 aromatic heterocycles. The van der Waals surface area contributed by atoms with Crippen LogP contribution in [-0.4, -0.2) is 44.8 Å². The first-order valence-electron chi connectivity index (χ1n) is 9.06. The van der Waals surface area contributed by atoms with Gasteiger partial charge in [-0.25, -0.2) is 0 Å². The Balaban J connectivity index is 0.00000169. The van der Waals surface area contributed by atoms with E-state index in [2.05, 4.69) is 39.8 Å². The lowest BCUT2D eigenvalue weighted by Gasteiger charge is -2.35. The number of amides is 1. The van der Waals surface area contributed by atoms with Crippen molar-refractivity contribution in [2.24, 2.45) is 0 Å². The van der Waals surface area contributed by atoms with Gasteiger partial charge in [-0.05, 0) is 63.4 Å². The first-order chi connectivity index (χ1) is 11.6. The maximum absolute atomic E-state index is 12.8. The first kappa shape index (κ1) is 23.0. The molecule has 2 saturated heterocycles. The Labute approximate surface area is 169 Å². The van der Waals surface area contributed by atoms with Crippen LogP contribution in [0.15, 0.2) is 24.3 Å². The van der Waals surface area contributed by atoms with Gasteiger partial charge >= 0.3 is 0 Å². The molecule has 5 nitrogen and oxygen atoms in total. The Bertz CT molecular complexity index is 574. The number of anilines is 1. The van der Waals surface area contributed by atoms with Gasteiger partial charge in [-0.2, -0.15) is 0 Å². The molecule has 0 spiro atoms. The van der Waals surface area contributed by atoms with E-state index in [0.29, 0.717) is 0 Å². The average Bonchev–Trinajstić information content (AvgIpc) is 3.17. The number of rotatable bonds is 5. The zero-order chi connectivity index (χ0) is 17.0. The molecule has 2 aliphatic heterocycles. The van der Waals surface area contributed by atoms with Crippen molar-refractivity contribution in [3.63, 3.8) is 0 Å². The highest BCUT2D eigenvalue weighted by atomic mass is 35.5. The second kappa shape index (κ2) is 10.4. The van der Waals surface area contributed by atoms with Crippen LogP contribution in [-0.2, 0) is 9.53 Å². The molecule has 1 aromatic carbocycles. The lowest BCUT2D eigenvalue weighted by Crippen LogP contribution is -2.54. The highest BCUT2D eigenvalue weighted by Crippen LogP contribution is 2.26. The van der Waals surface area contributed by atoms with Crippen LogP contribution in [0.5, 0.6) is 0 Å². The number of halogens is 2. The molecule has 2 fully saturated rings. The third kappa shape index (κ3) is 5.03. The summed E-state index contributed by atoms with van der Waals surface area (Å²) in [5.74, 6) is 0.00516. The van der Waals surface area contributed by atoms with Gasteiger partial charge in [-0.1, -0.05) is 12.1 Å². The standard InChI is InChI=1S/C19H29N3O2.2ClH/c1-15(21-18(23)19(24-2)8-10-20-11-9-19)16-6-5-7-17(14-16)22-12-3-4-13-22;;/h5-7,14-15,20H,3-4,8-13H2,1-2H3,(H,21,23);2*1H. The summed E-state index contributed by atoms with van der Waals surface area (Å²) < 4.78 is 5.62. The lowest BCUT2D eigenvalue weighted by molar-refractivity contribution is -0.147. The number of nitrogens with one attached hydrogen (secondary N) is 2. The highest BCUT2D eigenvalue weighted by molar-refractivity contribution is 5.86. The summed E-state index contributed by atoms with van der Waals surface area (Å²) in [6.45, 7) is 5.94. The van der Waals surface area contributed by atoms with Crippen molar-refractivity contribution in [1.82, 2.24) is 10.6 Å². The smallest absolute Gasteiger partial charge is 0.252 e. The van der Waals surface area contributed by atoms with Crippen LogP contribution < -0.4 is 15.5 Å². The van der Waals surface area contributed by atoms with Gasteiger partial charge in [0.1, 0.15) is 5.60 Å². The van der Waals surface area contributed by atoms with E-state index in [1.165, 1.54) is 18.5 Å². The van der Waals surface area contributed by atoms with E-state index in [9.17, 15) is 4.79 Å². The molecule has 148 valence electrons. The third-order valence-corrected chi connectivity index (χ3v) is 5.40. The predicted octanol–water partition coefficient (Wildman–Crippen LogP) is 3.08. The van der Waals surface area contributed by atoms with E-state index in [0.717, 1.165) is 44.6 Å². The van der Waals surface area contributed by atoms with Crippen molar-refractivity contribution < 1.29 is 9.53 Å². The maximum atomic E-state index is 12.8. The molecule has 1 aromatic rings. The van der Waals surface area contributed by atoms with Crippen molar-refractivity contribution >= 4 is 36.4 Å².